The molecule has 1 heterocycles. The van der Waals surface area contributed by atoms with E-state index in [-0.39, 0.29) is 42.3 Å². The predicted molar refractivity (Wildman–Crippen MR) is 120 cm³/mol. The van der Waals surface area contributed by atoms with Gasteiger partial charge in [-0.3, -0.25) is 9.59 Å². The summed E-state index contributed by atoms with van der Waals surface area (Å²) in [5, 5.41) is 14.3. The van der Waals surface area contributed by atoms with Crippen LogP contribution in [0.2, 0.25) is 0 Å². The molecule has 0 radical (unpaired) electrons. The number of anilines is 1. The van der Waals surface area contributed by atoms with E-state index in [0.29, 0.717) is 18.4 Å². The van der Waals surface area contributed by atoms with Crippen LogP contribution in [0.15, 0.2) is 53.4 Å². The number of carbonyl (C=O) groups excluding carboxylic acids is 2. The topological polar surface area (TPSA) is 119 Å². The van der Waals surface area contributed by atoms with Gasteiger partial charge >= 0.3 is 0 Å². The van der Waals surface area contributed by atoms with E-state index in [1.54, 1.807) is 0 Å². The van der Waals surface area contributed by atoms with Crippen LogP contribution in [0.25, 0.3) is 0 Å². The second kappa shape index (κ2) is 10.4. The van der Waals surface area contributed by atoms with Gasteiger partial charge in [-0.1, -0.05) is 25.1 Å². The zero-order valence-electron chi connectivity index (χ0n) is 17.9. The molecule has 1 aliphatic heterocycles. The summed E-state index contributed by atoms with van der Waals surface area (Å²) < 4.78 is 26.9. The van der Waals surface area contributed by atoms with Crippen LogP contribution >= 0.6 is 0 Å². The zero-order valence-corrected chi connectivity index (χ0v) is 18.7. The van der Waals surface area contributed by atoms with E-state index in [1.165, 1.54) is 28.6 Å². The maximum atomic E-state index is 12.8. The van der Waals surface area contributed by atoms with Crippen molar-refractivity contribution in [2.45, 2.75) is 31.1 Å². The molecule has 1 saturated heterocycles. The monoisotopic (exact) mass is 454 g/mol. The number of benzene rings is 2. The number of nitrogens with one attached hydrogen (secondary N) is 2. The van der Waals surface area contributed by atoms with Crippen LogP contribution in [0.1, 0.15) is 30.9 Å². The molecule has 2 aromatic carbocycles. The number of hydrogen-bond donors (Lipinski definition) is 2. The van der Waals surface area contributed by atoms with Gasteiger partial charge in [-0.2, -0.15) is 9.57 Å². The van der Waals surface area contributed by atoms with E-state index in [2.05, 4.69) is 10.6 Å². The van der Waals surface area contributed by atoms with E-state index in [1.807, 2.05) is 37.3 Å². The van der Waals surface area contributed by atoms with Crippen LogP contribution in [-0.2, 0) is 26.0 Å². The van der Waals surface area contributed by atoms with Crippen molar-refractivity contribution < 1.29 is 18.0 Å². The van der Waals surface area contributed by atoms with E-state index < -0.39 is 10.0 Å². The highest BCUT2D eigenvalue weighted by atomic mass is 32.2. The lowest BCUT2D eigenvalue weighted by molar-refractivity contribution is -0.128. The Balaban J connectivity index is 1.49. The number of piperidine rings is 1. The molecule has 9 heteroatoms. The fraction of sp³-hybridized carbons (Fsp3) is 0.348. The first-order valence-electron chi connectivity index (χ1n) is 10.5. The van der Waals surface area contributed by atoms with Crippen molar-refractivity contribution in [1.29, 1.82) is 5.26 Å². The SMILES string of the molecule is CCc1ccccc1NC(=O)CNC(=O)C1CCN(S(=O)(=O)c2ccc(C#N)cc2)CC1. The number of rotatable bonds is 7. The number of nitrogens with zero attached hydrogens (tertiary/aromatic N) is 2. The van der Waals surface area contributed by atoms with Gasteiger partial charge in [0.2, 0.25) is 21.8 Å². The zero-order chi connectivity index (χ0) is 23.1. The van der Waals surface area contributed by atoms with Gasteiger partial charge in [0, 0.05) is 24.7 Å². The Morgan fingerprint density at radius 2 is 1.75 bits per heavy atom. The predicted octanol–water partition coefficient (Wildman–Crippen LogP) is 2.28. The smallest absolute Gasteiger partial charge is 0.243 e. The average Bonchev–Trinajstić information content (AvgIpc) is 2.83. The third kappa shape index (κ3) is 5.52. The highest BCUT2D eigenvalue weighted by Crippen LogP contribution is 2.24. The third-order valence-corrected chi connectivity index (χ3v) is 7.45. The summed E-state index contributed by atoms with van der Waals surface area (Å²) in [5.41, 5.74) is 2.14. The third-order valence-electron chi connectivity index (χ3n) is 5.54. The summed E-state index contributed by atoms with van der Waals surface area (Å²) in [7, 11) is -3.68. The maximum absolute atomic E-state index is 12.8. The summed E-state index contributed by atoms with van der Waals surface area (Å²) in [6.07, 6.45) is 1.54. The first-order valence-corrected chi connectivity index (χ1v) is 11.9. The summed E-state index contributed by atoms with van der Waals surface area (Å²) in [4.78, 5) is 24.8. The lowest BCUT2D eigenvalue weighted by Crippen LogP contribution is -2.44. The largest absolute Gasteiger partial charge is 0.347 e. The normalized spacial score (nSPS) is 15.0. The first-order chi connectivity index (χ1) is 15.3. The standard InChI is InChI=1S/C23H26N4O4S/c1-2-18-5-3-4-6-21(18)26-22(28)16-25-23(29)19-11-13-27(14-12-19)32(30,31)20-9-7-17(15-24)8-10-20/h3-10,19H,2,11-14,16H2,1H3,(H,25,29)(H,26,28). The average molecular weight is 455 g/mol. The lowest BCUT2D eigenvalue weighted by atomic mass is 9.97. The molecule has 0 atom stereocenters. The van der Waals surface area contributed by atoms with Crippen molar-refractivity contribution in [3.8, 4) is 6.07 Å². The number of nitriles is 1. The molecule has 0 aliphatic carbocycles. The van der Waals surface area contributed by atoms with Crippen LogP contribution in [0.3, 0.4) is 0 Å². The molecule has 0 aromatic heterocycles. The number of para-hydroxylation sites is 1. The molecule has 32 heavy (non-hydrogen) atoms. The Morgan fingerprint density at radius 1 is 1.09 bits per heavy atom. The number of sulfonamides is 1. The van der Waals surface area contributed by atoms with Crippen molar-refractivity contribution in [2.24, 2.45) is 5.92 Å². The fourth-order valence-corrected chi connectivity index (χ4v) is 5.14. The number of aryl methyl sites for hydroxylation is 1. The van der Waals surface area contributed by atoms with Crippen LogP contribution in [0, 0.1) is 17.2 Å². The number of carbonyl (C=O) groups is 2. The molecular weight excluding hydrogens is 428 g/mol. The minimum atomic E-state index is -3.68. The summed E-state index contributed by atoms with van der Waals surface area (Å²) in [6, 6.07) is 15.2. The van der Waals surface area contributed by atoms with Gasteiger partial charge in [0.1, 0.15) is 0 Å². The molecule has 0 bridgehead atoms. The van der Waals surface area contributed by atoms with Crippen molar-refractivity contribution in [2.75, 3.05) is 25.0 Å². The molecule has 3 rings (SSSR count). The van der Waals surface area contributed by atoms with Crippen LogP contribution < -0.4 is 10.6 Å². The van der Waals surface area contributed by atoms with Crippen molar-refractivity contribution in [3.05, 3.63) is 59.7 Å². The summed E-state index contributed by atoms with van der Waals surface area (Å²) in [6.45, 7) is 2.30. The van der Waals surface area contributed by atoms with Gasteiger partial charge in [0.05, 0.1) is 23.1 Å². The van der Waals surface area contributed by atoms with E-state index in [4.69, 9.17) is 5.26 Å². The molecule has 1 aliphatic rings. The Hall–Kier alpha value is -3.22. The molecule has 0 unspecified atom stereocenters. The molecule has 2 amide bonds. The van der Waals surface area contributed by atoms with E-state index in [0.717, 1.165) is 17.7 Å². The minimum absolute atomic E-state index is 0.128. The highest BCUT2D eigenvalue weighted by molar-refractivity contribution is 7.89. The van der Waals surface area contributed by atoms with Gasteiger partial charge in [-0.15, -0.1) is 0 Å². The molecule has 8 nitrogen and oxygen atoms in total. The van der Waals surface area contributed by atoms with Gasteiger partial charge in [-0.05, 0) is 55.2 Å². The second-order valence-electron chi connectivity index (χ2n) is 7.59. The van der Waals surface area contributed by atoms with Crippen LogP contribution in [0.4, 0.5) is 5.69 Å². The van der Waals surface area contributed by atoms with Crippen molar-refractivity contribution in [3.63, 3.8) is 0 Å². The second-order valence-corrected chi connectivity index (χ2v) is 9.53. The lowest BCUT2D eigenvalue weighted by Gasteiger charge is -2.30. The van der Waals surface area contributed by atoms with Gasteiger partial charge in [-0.25, -0.2) is 8.42 Å². The van der Waals surface area contributed by atoms with E-state index >= 15 is 0 Å². The molecule has 2 N–H and O–H groups in total. The van der Waals surface area contributed by atoms with Crippen molar-refractivity contribution >= 4 is 27.5 Å². The van der Waals surface area contributed by atoms with Gasteiger partial charge in [0.25, 0.3) is 0 Å². The molecule has 168 valence electrons. The molecule has 0 spiro atoms. The summed E-state index contributed by atoms with van der Waals surface area (Å²) >= 11 is 0. The Kier molecular flexibility index (Phi) is 7.62. The molecular formula is C23H26N4O4S. The van der Waals surface area contributed by atoms with Crippen molar-refractivity contribution in [1.82, 2.24) is 9.62 Å². The molecule has 1 fully saturated rings. The number of hydrogen-bond acceptors (Lipinski definition) is 5. The number of amides is 2. The minimum Gasteiger partial charge on any atom is -0.347 e. The quantitative estimate of drug-likeness (QED) is 0.665. The molecule has 2 aromatic rings. The van der Waals surface area contributed by atoms with Crippen LogP contribution in [0.5, 0.6) is 0 Å². The van der Waals surface area contributed by atoms with Gasteiger partial charge in [0.15, 0.2) is 0 Å². The van der Waals surface area contributed by atoms with E-state index in [9.17, 15) is 18.0 Å². The fourth-order valence-electron chi connectivity index (χ4n) is 3.67. The Morgan fingerprint density at radius 3 is 2.38 bits per heavy atom. The Bertz CT molecular complexity index is 1120. The van der Waals surface area contributed by atoms with Gasteiger partial charge < -0.3 is 10.6 Å². The van der Waals surface area contributed by atoms with Crippen LogP contribution in [-0.4, -0.2) is 44.2 Å². The molecule has 0 saturated carbocycles. The Labute approximate surface area is 188 Å². The highest BCUT2D eigenvalue weighted by Gasteiger charge is 2.32. The first kappa shape index (κ1) is 23.4. The maximum Gasteiger partial charge on any atom is 0.243 e. The summed E-state index contributed by atoms with van der Waals surface area (Å²) in [5.74, 6) is -0.905.